The SMILES string of the molecule is CCCCC#Cc1ccccc1N=C=NC1CCCCC1. The van der Waals surface area contributed by atoms with Crippen molar-refractivity contribution >= 4 is 11.7 Å². The molecule has 21 heavy (non-hydrogen) atoms. The maximum Gasteiger partial charge on any atom is 0.0952 e. The van der Waals surface area contributed by atoms with Crippen molar-refractivity contribution in [1.29, 1.82) is 0 Å². The fourth-order valence-corrected chi connectivity index (χ4v) is 2.47. The van der Waals surface area contributed by atoms with E-state index in [0.29, 0.717) is 6.04 Å². The standard InChI is InChI=1S/C19H24N2/c1-2-3-4-6-11-17-12-9-10-15-19(17)21-16-20-18-13-7-5-8-14-18/h9-10,12,15,18H,2-5,7-8,13-14H2,1H3. The highest BCUT2D eigenvalue weighted by Crippen LogP contribution is 2.20. The number of aliphatic imine (C=N–C) groups is 2. The van der Waals surface area contributed by atoms with Crippen molar-refractivity contribution < 1.29 is 0 Å². The Morgan fingerprint density at radius 1 is 1.14 bits per heavy atom. The van der Waals surface area contributed by atoms with Crippen LogP contribution in [-0.4, -0.2) is 12.1 Å². The first-order chi connectivity index (χ1) is 10.4. The Labute approximate surface area is 128 Å². The van der Waals surface area contributed by atoms with E-state index in [0.717, 1.165) is 24.1 Å². The fraction of sp³-hybridized carbons (Fsp3) is 0.526. The first-order valence-corrected chi connectivity index (χ1v) is 8.13. The molecule has 1 aliphatic carbocycles. The minimum atomic E-state index is 0.422. The van der Waals surface area contributed by atoms with Crippen molar-refractivity contribution in [3.05, 3.63) is 29.8 Å². The summed E-state index contributed by atoms with van der Waals surface area (Å²) in [4.78, 5) is 8.84. The Bertz CT molecular complexity index is 550. The minimum absolute atomic E-state index is 0.422. The summed E-state index contributed by atoms with van der Waals surface area (Å²) in [5, 5.41) is 0. The van der Waals surface area contributed by atoms with E-state index in [9.17, 15) is 0 Å². The molecule has 1 aromatic carbocycles. The van der Waals surface area contributed by atoms with Crippen molar-refractivity contribution in [3.8, 4) is 11.8 Å². The zero-order valence-corrected chi connectivity index (χ0v) is 12.9. The van der Waals surface area contributed by atoms with Crippen LogP contribution >= 0.6 is 0 Å². The number of rotatable bonds is 4. The summed E-state index contributed by atoms with van der Waals surface area (Å²) in [7, 11) is 0. The van der Waals surface area contributed by atoms with Crippen LogP contribution in [0.1, 0.15) is 63.9 Å². The number of hydrogen-bond acceptors (Lipinski definition) is 2. The summed E-state index contributed by atoms with van der Waals surface area (Å²) in [5.74, 6) is 6.43. The average molecular weight is 280 g/mol. The molecule has 0 heterocycles. The normalized spacial score (nSPS) is 14.7. The van der Waals surface area contributed by atoms with Crippen molar-refractivity contribution in [2.45, 2.75) is 64.3 Å². The van der Waals surface area contributed by atoms with Crippen LogP contribution in [0.15, 0.2) is 34.3 Å². The third kappa shape index (κ3) is 5.58. The van der Waals surface area contributed by atoms with Gasteiger partial charge in [0.2, 0.25) is 0 Å². The molecule has 0 radical (unpaired) electrons. The van der Waals surface area contributed by atoms with E-state index in [1.165, 1.54) is 38.5 Å². The predicted molar refractivity (Wildman–Crippen MR) is 89.2 cm³/mol. The van der Waals surface area contributed by atoms with Gasteiger partial charge in [-0.05, 0) is 31.4 Å². The Hall–Kier alpha value is -1.84. The molecular formula is C19H24N2. The summed E-state index contributed by atoms with van der Waals surface area (Å²) in [5.41, 5.74) is 1.85. The van der Waals surface area contributed by atoms with Gasteiger partial charge in [0, 0.05) is 6.42 Å². The summed E-state index contributed by atoms with van der Waals surface area (Å²) in [6.07, 6.45) is 9.57. The summed E-state index contributed by atoms with van der Waals surface area (Å²) < 4.78 is 0. The summed E-state index contributed by atoms with van der Waals surface area (Å²) in [6.45, 7) is 2.18. The molecule has 0 spiro atoms. The van der Waals surface area contributed by atoms with Gasteiger partial charge in [-0.2, -0.15) is 4.99 Å². The molecule has 1 aliphatic rings. The predicted octanol–water partition coefficient (Wildman–Crippen LogP) is 5.37. The highest BCUT2D eigenvalue weighted by molar-refractivity contribution is 5.61. The Morgan fingerprint density at radius 3 is 2.76 bits per heavy atom. The van der Waals surface area contributed by atoms with E-state index in [-0.39, 0.29) is 0 Å². The first kappa shape index (κ1) is 15.5. The van der Waals surface area contributed by atoms with E-state index in [1.54, 1.807) is 0 Å². The lowest BCUT2D eigenvalue weighted by atomic mass is 9.96. The van der Waals surface area contributed by atoms with Gasteiger partial charge >= 0.3 is 0 Å². The molecule has 1 fully saturated rings. The van der Waals surface area contributed by atoms with Crippen LogP contribution in [0.4, 0.5) is 5.69 Å². The van der Waals surface area contributed by atoms with Crippen LogP contribution < -0.4 is 0 Å². The van der Waals surface area contributed by atoms with Gasteiger partial charge in [-0.25, -0.2) is 4.99 Å². The number of unbranched alkanes of at least 4 members (excludes halogenated alkanes) is 2. The van der Waals surface area contributed by atoms with Gasteiger partial charge in [0.1, 0.15) is 0 Å². The topological polar surface area (TPSA) is 24.7 Å². The van der Waals surface area contributed by atoms with Crippen molar-refractivity contribution in [2.24, 2.45) is 9.98 Å². The van der Waals surface area contributed by atoms with Crippen molar-refractivity contribution in [3.63, 3.8) is 0 Å². The number of hydrogen-bond donors (Lipinski definition) is 0. The van der Waals surface area contributed by atoms with E-state index in [4.69, 9.17) is 0 Å². The van der Waals surface area contributed by atoms with E-state index in [2.05, 4.69) is 34.8 Å². The average Bonchev–Trinajstić information content (AvgIpc) is 2.54. The molecule has 1 aromatic rings. The molecule has 2 nitrogen and oxygen atoms in total. The third-order valence-corrected chi connectivity index (χ3v) is 3.77. The number of nitrogens with zero attached hydrogens (tertiary/aromatic N) is 2. The zero-order chi connectivity index (χ0) is 14.8. The highest BCUT2D eigenvalue weighted by atomic mass is 14.8. The Balaban J connectivity index is 2.04. The quantitative estimate of drug-likeness (QED) is 0.402. The first-order valence-electron chi connectivity index (χ1n) is 8.13. The maximum atomic E-state index is 4.46. The summed E-state index contributed by atoms with van der Waals surface area (Å²) in [6, 6.07) is 11.3. The van der Waals surface area contributed by atoms with Crippen LogP contribution in [0.2, 0.25) is 0 Å². The molecule has 0 unspecified atom stereocenters. The molecular weight excluding hydrogens is 256 g/mol. The van der Waals surface area contributed by atoms with E-state index in [1.807, 2.05) is 24.3 Å². The van der Waals surface area contributed by atoms with Gasteiger partial charge in [-0.3, -0.25) is 0 Å². The second-order valence-corrected chi connectivity index (χ2v) is 5.56. The molecule has 0 bridgehead atoms. The molecule has 0 N–H and O–H groups in total. The second-order valence-electron chi connectivity index (χ2n) is 5.56. The lowest BCUT2D eigenvalue weighted by molar-refractivity contribution is 0.444. The van der Waals surface area contributed by atoms with Gasteiger partial charge in [-0.15, -0.1) is 0 Å². The molecule has 0 saturated heterocycles. The Morgan fingerprint density at radius 2 is 1.95 bits per heavy atom. The van der Waals surface area contributed by atoms with Crippen LogP contribution in [-0.2, 0) is 0 Å². The molecule has 1 saturated carbocycles. The van der Waals surface area contributed by atoms with E-state index < -0.39 is 0 Å². The van der Waals surface area contributed by atoms with Gasteiger partial charge in [-0.1, -0.05) is 56.6 Å². The van der Waals surface area contributed by atoms with Gasteiger partial charge in [0.15, 0.2) is 0 Å². The monoisotopic (exact) mass is 280 g/mol. The molecule has 0 atom stereocenters. The van der Waals surface area contributed by atoms with Crippen LogP contribution in [0.3, 0.4) is 0 Å². The van der Waals surface area contributed by atoms with Gasteiger partial charge < -0.3 is 0 Å². The minimum Gasteiger partial charge on any atom is -0.222 e. The second kappa shape index (κ2) is 9.16. The van der Waals surface area contributed by atoms with E-state index >= 15 is 0 Å². The largest absolute Gasteiger partial charge is 0.222 e. The van der Waals surface area contributed by atoms with Crippen LogP contribution in [0.25, 0.3) is 0 Å². The molecule has 2 heteroatoms. The van der Waals surface area contributed by atoms with Gasteiger partial charge in [0.25, 0.3) is 0 Å². The van der Waals surface area contributed by atoms with Crippen molar-refractivity contribution in [1.82, 2.24) is 0 Å². The smallest absolute Gasteiger partial charge is 0.0952 e. The van der Waals surface area contributed by atoms with Crippen molar-refractivity contribution in [2.75, 3.05) is 0 Å². The maximum absolute atomic E-state index is 4.46. The van der Waals surface area contributed by atoms with Crippen LogP contribution in [0.5, 0.6) is 0 Å². The molecule has 2 rings (SSSR count). The highest BCUT2D eigenvalue weighted by Gasteiger charge is 2.10. The molecule has 110 valence electrons. The van der Waals surface area contributed by atoms with Gasteiger partial charge in [0.05, 0.1) is 23.3 Å². The lowest BCUT2D eigenvalue weighted by Crippen LogP contribution is -2.08. The summed E-state index contributed by atoms with van der Waals surface area (Å²) >= 11 is 0. The Kier molecular flexibility index (Phi) is 6.78. The molecule has 0 aliphatic heterocycles. The lowest BCUT2D eigenvalue weighted by Gasteiger charge is -2.15. The molecule has 0 aromatic heterocycles. The number of benzene rings is 1. The third-order valence-electron chi connectivity index (χ3n) is 3.77. The fourth-order valence-electron chi connectivity index (χ4n) is 2.47. The zero-order valence-electron chi connectivity index (χ0n) is 12.9. The number of para-hydroxylation sites is 1. The van der Waals surface area contributed by atoms with Crippen LogP contribution in [0, 0.1) is 11.8 Å². The molecule has 0 amide bonds.